The minimum atomic E-state index is -1.13. The summed E-state index contributed by atoms with van der Waals surface area (Å²) in [5, 5.41) is 23.4. The lowest BCUT2D eigenvalue weighted by Gasteiger charge is -2.26. The summed E-state index contributed by atoms with van der Waals surface area (Å²) in [6.07, 6.45) is 0. The van der Waals surface area contributed by atoms with E-state index in [-0.39, 0.29) is 29.6 Å². The van der Waals surface area contributed by atoms with Gasteiger partial charge in [0.1, 0.15) is 11.1 Å². The molecule has 0 aromatic heterocycles. The molecule has 1 aromatic rings. The van der Waals surface area contributed by atoms with Gasteiger partial charge >= 0.3 is 5.97 Å². The van der Waals surface area contributed by atoms with Crippen molar-refractivity contribution in [3.05, 3.63) is 33.3 Å². The number of nitrogens with zero attached hydrogens (tertiary/aromatic N) is 1. The summed E-state index contributed by atoms with van der Waals surface area (Å²) < 4.78 is 5.19. The van der Waals surface area contributed by atoms with Crippen LogP contribution in [0.5, 0.6) is 0 Å². The van der Waals surface area contributed by atoms with Crippen LogP contribution in [0.4, 0.5) is 11.4 Å². The molecule has 0 amide bonds. The van der Waals surface area contributed by atoms with Gasteiger partial charge in [0.2, 0.25) is 0 Å². The summed E-state index contributed by atoms with van der Waals surface area (Å²) in [5.74, 6) is -1.01. The number of carboxylic acid groups (broad SMARTS) is 1. The van der Waals surface area contributed by atoms with Gasteiger partial charge in [-0.1, -0.05) is 11.6 Å². The molecule has 1 aliphatic rings. The van der Waals surface area contributed by atoms with E-state index < -0.39 is 22.3 Å². The summed E-state index contributed by atoms with van der Waals surface area (Å²) >= 11 is 5.73. The number of nitrogens with one attached hydrogen (secondary N) is 1. The number of hydrogen-bond donors (Lipinski definition) is 2. The van der Waals surface area contributed by atoms with E-state index in [0.29, 0.717) is 0 Å². The highest BCUT2D eigenvalue weighted by Gasteiger charge is 2.47. The second-order valence-electron chi connectivity index (χ2n) is 4.85. The van der Waals surface area contributed by atoms with Crippen molar-refractivity contribution < 1.29 is 19.6 Å². The van der Waals surface area contributed by atoms with E-state index >= 15 is 0 Å². The maximum absolute atomic E-state index is 11.3. The fourth-order valence-electron chi connectivity index (χ4n) is 2.05. The van der Waals surface area contributed by atoms with Crippen LogP contribution in [0.1, 0.15) is 6.92 Å². The first-order valence-electron chi connectivity index (χ1n) is 5.86. The number of ether oxygens (including phenoxy) is 1. The number of rotatable bonds is 4. The lowest BCUT2D eigenvalue weighted by molar-refractivity contribution is -0.384. The largest absolute Gasteiger partial charge is 0.481 e. The SMILES string of the molecule is CC1(C(=O)O)COCC1Nc1ccc(Cl)cc1[N+](=O)[O-]. The van der Waals surface area contributed by atoms with Crippen molar-refractivity contribution in [1.82, 2.24) is 0 Å². The van der Waals surface area contributed by atoms with E-state index in [1.165, 1.54) is 18.2 Å². The molecule has 0 saturated carbocycles. The average Bonchev–Trinajstić information content (AvgIpc) is 2.74. The van der Waals surface area contributed by atoms with Gasteiger partial charge in [0.05, 0.1) is 24.2 Å². The molecule has 2 rings (SSSR count). The van der Waals surface area contributed by atoms with Gasteiger partial charge in [0.25, 0.3) is 5.69 Å². The summed E-state index contributed by atoms with van der Waals surface area (Å²) in [5.41, 5.74) is -1.10. The smallest absolute Gasteiger partial charge is 0.313 e. The summed E-state index contributed by atoms with van der Waals surface area (Å²) in [6, 6.07) is 3.63. The standard InChI is InChI=1S/C12H13ClN2O5/c1-12(11(16)17)6-20-5-10(12)14-8-3-2-7(13)4-9(8)15(18)19/h2-4,10,14H,5-6H2,1H3,(H,16,17). The molecule has 0 radical (unpaired) electrons. The molecule has 0 spiro atoms. The van der Waals surface area contributed by atoms with Crippen LogP contribution in [0, 0.1) is 15.5 Å². The maximum atomic E-state index is 11.3. The molecule has 0 bridgehead atoms. The van der Waals surface area contributed by atoms with Crippen LogP contribution in [0.25, 0.3) is 0 Å². The molecule has 1 saturated heterocycles. The summed E-state index contributed by atoms with van der Waals surface area (Å²) in [7, 11) is 0. The van der Waals surface area contributed by atoms with Crippen LogP contribution >= 0.6 is 11.6 Å². The normalized spacial score (nSPS) is 25.4. The van der Waals surface area contributed by atoms with Gasteiger partial charge in [-0.2, -0.15) is 0 Å². The molecule has 1 fully saturated rings. The van der Waals surface area contributed by atoms with Crippen molar-refractivity contribution >= 4 is 28.9 Å². The highest BCUT2D eigenvalue weighted by Crippen LogP contribution is 2.35. The van der Waals surface area contributed by atoms with E-state index in [1.54, 1.807) is 6.92 Å². The van der Waals surface area contributed by atoms with Crippen molar-refractivity contribution in [2.45, 2.75) is 13.0 Å². The molecule has 20 heavy (non-hydrogen) atoms. The predicted molar refractivity (Wildman–Crippen MR) is 72.1 cm³/mol. The van der Waals surface area contributed by atoms with Crippen molar-refractivity contribution in [3.63, 3.8) is 0 Å². The number of hydrogen-bond acceptors (Lipinski definition) is 5. The molecule has 8 heteroatoms. The number of carboxylic acids is 1. The number of nitro benzene ring substituents is 1. The minimum Gasteiger partial charge on any atom is -0.481 e. The Balaban J connectivity index is 2.31. The zero-order chi connectivity index (χ0) is 14.9. The molecule has 0 aliphatic carbocycles. The second kappa shape index (κ2) is 5.26. The molecular formula is C12H13ClN2O5. The lowest BCUT2D eigenvalue weighted by Crippen LogP contribution is -2.43. The number of aliphatic carboxylic acids is 1. The first-order chi connectivity index (χ1) is 9.34. The number of anilines is 1. The van der Waals surface area contributed by atoms with E-state index in [1.807, 2.05) is 0 Å². The Labute approximate surface area is 119 Å². The van der Waals surface area contributed by atoms with Crippen molar-refractivity contribution in [3.8, 4) is 0 Å². The third-order valence-electron chi connectivity index (χ3n) is 3.43. The minimum absolute atomic E-state index is 0.0569. The van der Waals surface area contributed by atoms with Gasteiger partial charge in [-0.25, -0.2) is 0 Å². The Morgan fingerprint density at radius 2 is 2.35 bits per heavy atom. The van der Waals surface area contributed by atoms with Crippen LogP contribution in [-0.4, -0.2) is 35.3 Å². The Hall–Kier alpha value is -1.86. The van der Waals surface area contributed by atoms with Crippen LogP contribution in [0.15, 0.2) is 18.2 Å². The van der Waals surface area contributed by atoms with Crippen molar-refractivity contribution in [2.75, 3.05) is 18.5 Å². The van der Waals surface area contributed by atoms with E-state index in [0.717, 1.165) is 0 Å². The molecule has 1 heterocycles. The second-order valence-corrected chi connectivity index (χ2v) is 5.29. The monoisotopic (exact) mass is 300 g/mol. The Bertz CT molecular complexity index is 565. The number of benzene rings is 1. The third-order valence-corrected chi connectivity index (χ3v) is 3.67. The quantitative estimate of drug-likeness (QED) is 0.652. The van der Waals surface area contributed by atoms with Crippen LogP contribution < -0.4 is 5.32 Å². The Morgan fingerprint density at radius 1 is 1.65 bits per heavy atom. The van der Waals surface area contributed by atoms with Gasteiger partial charge in [0, 0.05) is 11.1 Å². The maximum Gasteiger partial charge on any atom is 0.313 e. The highest BCUT2D eigenvalue weighted by atomic mass is 35.5. The average molecular weight is 301 g/mol. The zero-order valence-electron chi connectivity index (χ0n) is 10.6. The van der Waals surface area contributed by atoms with Crippen LogP contribution in [-0.2, 0) is 9.53 Å². The summed E-state index contributed by atoms with van der Waals surface area (Å²) in [6.45, 7) is 1.77. The molecular weight excluding hydrogens is 288 g/mol. The van der Waals surface area contributed by atoms with E-state index in [2.05, 4.69) is 5.32 Å². The highest BCUT2D eigenvalue weighted by molar-refractivity contribution is 6.30. The number of halogens is 1. The number of nitro groups is 1. The first-order valence-corrected chi connectivity index (χ1v) is 6.24. The molecule has 2 unspecified atom stereocenters. The number of carbonyl (C=O) groups is 1. The molecule has 2 N–H and O–H groups in total. The van der Waals surface area contributed by atoms with Gasteiger partial charge < -0.3 is 15.2 Å². The lowest BCUT2D eigenvalue weighted by atomic mass is 9.85. The Kier molecular flexibility index (Phi) is 3.82. The fraction of sp³-hybridized carbons (Fsp3) is 0.417. The van der Waals surface area contributed by atoms with Crippen LogP contribution in [0.3, 0.4) is 0 Å². The topological polar surface area (TPSA) is 102 Å². The molecule has 108 valence electrons. The zero-order valence-corrected chi connectivity index (χ0v) is 11.4. The molecule has 1 aromatic carbocycles. The predicted octanol–water partition coefficient (Wildman–Crippen LogP) is 2.15. The molecule has 2 atom stereocenters. The Morgan fingerprint density at radius 3 is 2.95 bits per heavy atom. The van der Waals surface area contributed by atoms with Gasteiger partial charge in [0.15, 0.2) is 0 Å². The first kappa shape index (κ1) is 14.5. The molecule has 7 nitrogen and oxygen atoms in total. The van der Waals surface area contributed by atoms with Gasteiger partial charge in [-0.3, -0.25) is 14.9 Å². The fourth-order valence-corrected chi connectivity index (χ4v) is 2.22. The summed E-state index contributed by atoms with van der Waals surface area (Å²) in [4.78, 5) is 21.8. The van der Waals surface area contributed by atoms with E-state index in [9.17, 15) is 20.0 Å². The van der Waals surface area contributed by atoms with Crippen molar-refractivity contribution in [2.24, 2.45) is 5.41 Å². The van der Waals surface area contributed by atoms with Crippen LogP contribution in [0.2, 0.25) is 5.02 Å². The van der Waals surface area contributed by atoms with E-state index in [4.69, 9.17) is 16.3 Å². The van der Waals surface area contributed by atoms with Gasteiger partial charge in [-0.15, -0.1) is 0 Å². The van der Waals surface area contributed by atoms with Crippen molar-refractivity contribution in [1.29, 1.82) is 0 Å². The third kappa shape index (κ3) is 2.54. The van der Waals surface area contributed by atoms with Gasteiger partial charge in [-0.05, 0) is 19.1 Å². The molecule has 1 aliphatic heterocycles.